The van der Waals surface area contributed by atoms with E-state index in [1.165, 1.54) is 10.6 Å². The van der Waals surface area contributed by atoms with Crippen LogP contribution in [-0.4, -0.2) is 35.5 Å². The predicted molar refractivity (Wildman–Crippen MR) is 187 cm³/mol. The van der Waals surface area contributed by atoms with Crippen molar-refractivity contribution in [3.05, 3.63) is 45.7 Å². The highest BCUT2D eigenvalue weighted by Crippen LogP contribution is 2.31. The van der Waals surface area contributed by atoms with Crippen molar-refractivity contribution in [2.24, 2.45) is 22.1 Å². The van der Waals surface area contributed by atoms with Gasteiger partial charge in [-0.25, -0.2) is 8.42 Å². The smallest absolute Gasteiger partial charge is 0.281 e. The summed E-state index contributed by atoms with van der Waals surface area (Å²) >= 11 is 0. The van der Waals surface area contributed by atoms with Crippen LogP contribution in [0.25, 0.3) is 0 Å². The van der Waals surface area contributed by atoms with Crippen LogP contribution < -0.4 is 5.56 Å². The van der Waals surface area contributed by atoms with Crippen LogP contribution in [0.15, 0.2) is 44.2 Å². The lowest BCUT2D eigenvalue weighted by Crippen LogP contribution is -2.39. The first-order valence-corrected chi connectivity index (χ1v) is 19.0. The van der Waals surface area contributed by atoms with E-state index >= 15 is 0 Å². The normalized spacial score (nSPS) is 13.3. The van der Waals surface area contributed by atoms with Crippen LogP contribution in [-0.2, 0) is 23.0 Å². The van der Waals surface area contributed by atoms with Gasteiger partial charge in [0.05, 0.1) is 10.6 Å². The van der Waals surface area contributed by atoms with E-state index in [2.05, 4.69) is 44.0 Å². The van der Waals surface area contributed by atoms with Gasteiger partial charge in [-0.1, -0.05) is 99.0 Å². The molecule has 1 aromatic carbocycles. The monoisotopic (exact) mass is 655 g/mol. The molecule has 256 valence electrons. The minimum Gasteiger partial charge on any atom is -0.493 e. The zero-order valence-electron chi connectivity index (χ0n) is 29.1. The second-order valence-electron chi connectivity index (χ2n) is 12.4. The predicted octanol–water partition coefficient (Wildman–Crippen LogP) is 9.41. The molecule has 0 fully saturated rings. The van der Waals surface area contributed by atoms with Crippen molar-refractivity contribution in [2.75, 3.05) is 13.1 Å². The average Bonchev–Trinajstić information content (AvgIpc) is 3.06. The summed E-state index contributed by atoms with van der Waals surface area (Å²) in [6.07, 6.45) is 11.5. The van der Waals surface area contributed by atoms with Gasteiger partial charge in [0, 0.05) is 25.2 Å². The highest BCUT2D eigenvalue weighted by Gasteiger charge is 2.29. The summed E-state index contributed by atoms with van der Waals surface area (Å²) in [5.41, 5.74) is 0.202. The Hall–Kier alpha value is -3.03. The molecule has 0 aliphatic rings. The van der Waals surface area contributed by atoms with Gasteiger partial charge >= 0.3 is 0 Å². The number of hydrogen-bond acceptors (Lipinski definition) is 7. The number of azo groups is 1. The first kappa shape index (κ1) is 39.1. The standard InChI is InChI=1S/C36H57N5O4S/c1-7-13-18-28(11-5)26-40(27-29(12-6)19-14-8-2)46(44,45)31-21-17-20-30(24-31)38-39-34-32(22-15-9-3)33(25-37)35(42)41(36(34)43)23-16-10-4/h17,20-21,24,28-29,42H,7-16,18-19,22-23,26-27H2,1-6H3. The van der Waals surface area contributed by atoms with Crippen molar-refractivity contribution in [2.45, 2.75) is 136 Å². The number of hydrogen-bond donors (Lipinski definition) is 1. The Bertz CT molecular complexity index is 1440. The van der Waals surface area contributed by atoms with Crippen LogP contribution in [0.5, 0.6) is 5.88 Å². The minimum atomic E-state index is -3.84. The van der Waals surface area contributed by atoms with Crippen molar-refractivity contribution in [1.82, 2.24) is 8.87 Å². The van der Waals surface area contributed by atoms with E-state index in [0.717, 1.165) is 64.2 Å². The second kappa shape index (κ2) is 20.3. The van der Waals surface area contributed by atoms with Crippen LogP contribution in [0.2, 0.25) is 0 Å². The van der Waals surface area contributed by atoms with Crippen molar-refractivity contribution < 1.29 is 13.5 Å². The molecule has 0 saturated carbocycles. The third-order valence-electron chi connectivity index (χ3n) is 8.87. The summed E-state index contributed by atoms with van der Waals surface area (Å²) < 4.78 is 31.4. The molecular weight excluding hydrogens is 598 g/mol. The maximum atomic E-state index is 14.2. The molecule has 0 aliphatic heterocycles. The molecule has 0 saturated heterocycles. The zero-order chi connectivity index (χ0) is 34.1. The summed E-state index contributed by atoms with van der Waals surface area (Å²) in [4.78, 5) is 13.7. The fourth-order valence-corrected chi connectivity index (χ4v) is 7.36. The molecule has 0 radical (unpaired) electrons. The first-order chi connectivity index (χ1) is 22.1. The van der Waals surface area contributed by atoms with Crippen LogP contribution in [0, 0.1) is 23.2 Å². The molecule has 1 aromatic heterocycles. The van der Waals surface area contributed by atoms with Gasteiger partial charge in [0.25, 0.3) is 5.56 Å². The fourth-order valence-electron chi connectivity index (χ4n) is 5.73. The van der Waals surface area contributed by atoms with Gasteiger partial charge in [-0.15, -0.1) is 5.11 Å². The molecule has 0 spiro atoms. The van der Waals surface area contributed by atoms with Gasteiger partial charge in [0.2, 0.25) is 15.9 Å². The largest absolute Gasteiger partial charge is 0.493 e. The number of unbranched alkanes of at least 4 members (excludes halogenated alkanes) is 4. The molecule has 2 rings (SSSR count). The molecule has 2 atom stereocenters. The molecule has 2 aromatic rings. The number of nitriles is 1. The zero-order valence-corrected chi connectivity index (χ0v) is 29.9. The maximum absolute atomic E-state index is 14.2. The summed E-state index contributed by atoms with van der Waals surface area (Å²) in [5, 5.41) is 29.4. The number of sulfonamides is 1. The molecule has 1 heterocycles. The third-order valence-corrected chi connectivity index (χ3v) is 10.7. The Morgan fingerprint density at radius 1 is 0.891 bits per heavy atom. The van der Waals surface area contributed by atoms with Gasteiger partial charge in [0.1, 0.15) is 11.6 Å². The summed E-state index contributed by atoms with van der Waals surface area (Å²) in [5.74, 6) is 0.218. The summed E-state index contributed by atoms with van der Waals surface area (Å²) in [7, 11) is -3.84. The number of nitrogens with zero attached hydrogens (tertiary/aromatic N) is 5. The molecule has 9 nitrogen and oxygen atoms in total. The molecule has 10 heteroatoms. The van der Waals surface area contributed by atoms with E-state index < -0.39 is 15.6 Å². The molecule has 1 N–H and O–H groups in total. The van der Waals surface area contributed by atoms with Gasteiger partial charge in [-0.3, -0.25) is 9.36 Å². The first-order valence-electron chi connectivity index (χ1n) is 17.5. The maximum Gasteiger partial charge on any atom is 0.281 e. The SMILES string of the molecule is CCCCc1c(C#N)c(O)n(CCCC)c(=O)c1N=Nc1cccc(S(=O)(=O)N(CC(CC)CCCC)CC(CC)CCCC)c1. The van der Waals surface area contributed by atoms with Gasteiger partial charge in [-0.2, -0.15) is 14.7 Å². The Morgan fingerprint density at radius 3 is 2.00 bits per heavy atom. The molecule has 0 aliphatic carbocycles. The summed E-state index contributed by atoms with van der Waals surface area (Å²) in [6.45, 7) is 13.8. The molecule has 46 heavy (non-hydrogen) atoms. The molecular formula is C36H57N5O4S. The lowest BCUT2D eigenvalue weighted by atomic mass is 9.97. The quantitative estimate of drug-likeness (QED) is 0.126. The van der Waals surface area contributed by atoms with Gasteiger partial charge < -0.3 is 5.11 Å². The Balaban J connectivity index is 2.59. The second-order valence-corrected chi connectivity index (χ2v) is 14.3. The van der Waals surface area contributed by atoms with E-state index in [1.807, 2.05) is 13.8 Å². The Morgan fingerprint density at radius 2 is 1.48 bits per heavy atom. The van der Waals surface area contributed by atoms with E-state index in [0.29, 0.717) is 43.6 Å². The number of aromatic nitrogens is 1. The van der Waals surface area contributed by atoms with Crippen LogP contribution in [0.4, 0.5) is 11.4 Å². The lowest BCUT2D eigenvalue weighted by Gasteiger charge is -2.30. The fraction of sp³-hybridized carbons (Fsp3) is 0.667. The number of aromatic hydroxyl groups is 1. The summed E-state index contributed by atoms with van der Waals surface area (Å²) in [6, 6.07) is 8.49. The minimum absolute atomic E-state index is 0.0113. The highest BCUT2D eigenvalue weighted by molar-refractivity contribution is 7.89. The van der Waals surface area contributed by atoms with E-state index in [-0.39, 0.29) is 40.4 Å². The third kappa shape index (κ3) is 10.8. The van der Waals surface area contributed by atoms with E-state index in [9.17, 15) is 23.6 Å². The molecule has 0 amide bonds. The van der Waals surface area contributed by atoms with Crippen LogP contribution in [0.3, 0.4) is 0 Å². The van der Waals surface area contributed by atoms with Gasteiger partial charge in [0.15, 0.2) is 5.69 Å². The van der Waals surface area contributed by atoms with Crippen molar-refractivity contribution >= 4 is 21.4 Å². The number of benzene rings is 1. The van der Waals surface area contributed by atoms with Crippen LogP contribution in [0.1, 0.15) is 130 Å². The topological polar surface area (TPSA) is 128 Å². The van der Waals surface area contributed by atoms with Gasteiger partial charge in [-0.05, 0) is 62.1 Å². The highest BCUT2D eigenvalue weighted by atomic mass is 32.2. The van der Waals surface area contributed by atoms with E-state index in [4.69, 9.17) is 0 Å². The lowest BCUT2D eigenvalue weighted by molar-refractivity contribution is 0.270. The van der Waals surface area contributed by atoms with Crippen LogP contribution >= 0.6 is 0 Å². The average molecular weight is 656 g/mol. The van der Waals surface area contributed by atoms with E-state index in [1.54, 1.807) is 22.5 Å². The van der Waals surface area contributed by atoms with Crippen molar-refractivity contribution in [3.63, 3.8) is 0 Å². The molecule has 2 unspecified atom stereocenters. The Kier molecular flexibility index (Phi) is 17.2. The Labute approximate surface area is 277 Å². The number of rotatable bonds is 22. The number of pyridine rings is 1. The van der Waals surface area contributed by atoms with Crippen molar-refractivity contribution in [1.29, 1.82) is 5.26 Å². The molecule has 0 bridgehead atoms. The van der Waals surface area contributed by atoms with Crippen molar-refractivity contribution in [3.8, 4) is 11.9 Å².